The molecular formula is C20H23F3N2O2. The molecule has 0 spiro atoms. The summed E-state index contributed by atoms with van der Waals surface area (Å²) in [6.45, 7) is 5.55. The first-order chi connectivity index (χ1) is 12.6. The third kappa shape index (κ3) is 6.51. The normalized spacial score (nSPS) is 12.6. The second kappa shape index (κ2) is 8.79. The van der Waals surface area contributed by atoms with E-state index in [0.717, 1.165) is 17.7 Å². The summed E-state index contributed by atoms with van der Waals surface area (Å²) in [5, 5.41) is 5.53. The molecule has 1 unspecified atom stereocenters. The maximum Gasteiger partial charge on any atom is 0.416 e. The van der Waals surface area contributed by atoms with Gasteiger partial charge in [0, 0.05) is 5.69 Å². The second-order valence-corrected chi connectivity index (χ2v) is 6.46. The van der Waals surface area contributed by atoms with E-state index in [4.69, 9.17) is 4.74 Å². The molecule has 0 aliphatic heterocycles. The number of carbonyl (C=O) groups is 1. The Morgan fingerprint density at radius 2 is 1.78 bits per heavy atom. The summed E-state index contributed by atoms with van der Waals surface area (Å²) in [4.78, 5) is 12.1. The Hall–Kier alpha value is -2.70. The van der Waals surface area contributed by atoms with Crippen LogP contribution in [0.4, 0.5) is 18.9 Å². The molecule has 0 aliphatic rings. The minimum absolute atomic E-state index is 0.0433. The van der Waals surface area contributed by atoms with Crippen LogP contribution in [0.2, 0.25) is 0 Å². The summed E-state index contributed by atoms with van der Waals surface area (Å²) in [7, 11) is 0. The highest BCUT2D eigenvalue weighted by atomic mass is 19.4. The summed E-state index contributed by atoms with van der Waals surface area (Å²) >= 11 is 0. The Kier molecular flexibility index (Phi) is 6.71. The highest BCUT2D eigenvalue weighted by Crippen LogP contribution is 2.30. The number of nitrogens with one attached hydrogen (secondary N) is 2. The average molecular weight is 380 g/mol. The Morgan fingerprint density at radius 3 is 2.44 bits per heavy atom. The summed E-state index contributed by atoms with van der Waals surface area (Å²) in [6.07, 6.45) is -4.38. The van der Waals surface area contributed by atoms with Crippen LogP contribution in [-0.2, 0) is 11.0 Å². The molecule has 0 radical (unpaired) electrons. The van der Waals surface area contributed by atoms with Crippen molar-refractivity contribution < 1.29 is 22.7 Å². The van der Waals surface area contributed by atoms with E-state index in [1.54, 1.807) is 0 Å². The molecule has 146 valence electrons. The SMILES string of the molecule is CC(C)Oc1cccc(C(C)NC(=O)CNc2cccc(C(F)(F)F)c2)c1. The zero-order valence-corrected chi connectivity index (χ0v) is 15.4. The van der Waals surface area contributed by atoms with Crippen molar-refractivity contribution in [2.45, 2.75) is 39.1 Å². The zero-order chi connectivity index (χ0) is 20.0. The first kappa shape index (κ1) is 20.6. The largest absolute Gasteiger partial charge is 0.491 e. The van der Waals surface area contributed by atoms with Crippen LogP contribution in [0.3, 0.4) is 0 Å². The van der Waals surface area contributed by atoms with Gasteiger partial charge in [0.05, 0.1) is 24.3 Å². The van der Waals surface area contributed by atoms with Crippen molar-refractivity contribution in [1.82, 2.24) is 5.32 Å². The number of halogens is 3. The van der Waals surface area contributed by atoms with Crippen molar-refractivity contribution in [2.75, 3.05) is 11.9 Å². The molecule has 4 nitrogen and oxygen atoms in total. The highest BCUT2D eigenvalue weighted by molar-refractivity contribution is 5.81. The van der Waals surface area contributed by atoms with Crippen LogP contribution in [-0.4, -0.2) is 18.6 Å². The molecule has 0 bridgehead atoms. The molecule has 27 heavy (non-hydrogen) atoms. The molecule has 2 aromatic carbocycles. The van der Waals surface area contributed by atoms with Gasteiger partial charge < -0.3 is 15.4 Å². The standard InChI is InChI=1S/C20H23F3N2O2/c1-13(2)27-18-9-4-6-15(10-18)14(3)25-19(26)12-24-17-8-5-7-16(11-17)20(21,22)23/h4-11,13-14,24H,12H2,1-3H3,(H,25,26). The van der Waals surface area contributed by atoms with E-state index in [1.807, 2.05) is 45.0 Å². The molecule has 0 aromatic heterocycles. The minimum atomic E-state index is -4.42. The van der Waals surface area contributed by atoms with Gasteiger partial charge in [-0.2, -0.15) is 13.2 Å². The van der Waals surface area contributed by atoms with Crippen LogP contribution in [0.5, 0.6) is 5.75 Å². The Morgan fingerprint density at radius 1 is 1.07 bits per heavy atom. The number of carbonyl (C=O) groups excluding carboxylic acids is 1. The van der Waals surface area contributed by atoms with E-state index in [-0.39, 0.29) is 30.3 Å². The number of alkyl halides is 3. The quantitative estimate of drug-likeness (QED) is 0.727. The van der Waals surface area contributed by atoms with Crippen LogP contribution in [0, 0.1) is 0 Å². The fraction of sp³-hybridized carbons (Fsp3) is 0.350. The number of anilines is 1. The van der Waals surface area contributed by atoms with Crippen LogP contribution in [0.15, 0.2) is 48.5 Å². The van der Waals surface area contributed by atoms with Crippen molar-refractivity contribution in [3.63, 3.8) is 0 Å². The lowest BCUT2D eigenvalue weighted by Gasteiger charge is -2.17. The Balaban J connectivity index is 1.92. The number of benzene rings is 2. The van der Waals surface area contributed by atoms with Gasteiger partial charge in [0.1, 0.15) is 5.75 Å². The first-order valence-corrected chi connectivity index (χ1v) is 8.62. The molecule has 0 aliphatic carbocycles. The number of ether oxygens (including phenoxy) is 1. The van der Waals surface area contributed by atoms with E-state index in [9.17, 15) is 18.0 Å². The maximum atomic E-state index is 12.7. The number of amides is 1. The molecule has 2 N–H and O–H groups in total. The first-order valence-electron chi connectivity index (χ1n) is 8.62. The number of hydrogen-bond donors (Lipinski definition) is 2. The van der Waals surface area contributed by atoms with E-state index in [2.05, 4.69) is 10.6 Å². The highest BCUT2D eigenvalue weighted by Gasteiger charge is 2.30. The van der Waals surface area contributed by atoms with Crippen LogP contribution in [0.25, 0.3) is 0 Å². The number of hydrogen-bond acceptors (Lipinski definition) is 3. The number of rotatable bonds is 7. The summed E-state index contributed by atoms with van der Waals surface area (Å²) in [5.74, 6) is 0.390. The average Bonchev–Trinajstić information content (AvgIpc) is 2.59. The lowest BCUT2D eigenvalue weighted by molar-refractivity contribution is -0.137. The summed E-state index contributed by atoms with van der Waals surface area (Å²) < 4.78 is 43.8. The Bertz CT molecular complexity index is 776. The molecule has 0 saturated carbocycles. The van der Waals surface area contributed by atoms with Crippen LogP contribution < -0.4 is 15.4 Å². The van der Waals surface area contributed by atoms with Gasteiger partial charge in [-0.05, 0) is 56.7 Å². The van der Waals surface area contributed by atoms with Crippen molar-refractivity contribution in [2.24, 2.45) is 0 Å². The lowest BCUT2D eigenvalue weighted by atomic mass is 10.1. The van der Waals surface area contributed by atoms with E-state index in [0.29, 0.717) is 5.75 Å². The predicted molar refractivity (Wildman–Crippen MR) is 98.7 cm³/mol. The van der Waals surface area contributed by atoms with Crippen molar-refractivity contribution >= 4 is 11.6 Å². The third-order valence-corrected chi connectivity index (χ3v) is 3.75. The molecule has 2 rings (SSSR count). The fourth-order valence-corrected chi connectivity index (χ4v) is 2.49. The van der Waals surface area contributed by atoms with Gasteiger partial charge in [-0.25, -0.2) is 0 Å². The molecule has 1 amide bonds. The van der Waals surface area contributed by atoms with Gasteiger partial charge in [0.2, 0.25) is 5.91 Å². The van der Waals surface area contributed by atoms with E-state index in [1.165, 1.54) is 12.1 Å². The van der Waals surface area contributed by atoms with E-state index < -0.39 is 11.7 Å². The van der Waals surface area contributed by atoms with Gasteiger partial charge in [-0.3, -0.25) is 4.79 Å². The summed E-state index contributed by atoms with van der Waals surface area (Å²) in [6, 6.07) is 11.9. The molecule has 0 saturated heterocycles. The fourth-order valence-electron chi connectivity index (χ4n) is 2.49. The van der Waals surface area contributed by atoms with Gasteiger partial charge in [0.25, 0.3) is 0 Å². The maximum absolute atomic E-state index is 12.7. The molecule has 0 heterocycles. The van der Waals surface area contributed by atoms with Crippen molar-refractivity contribution in [1.29, 1.82) is 0 Å². The van der Waals surface area contributed by atoms with Gasteiger partial charge in [-0.1, -0.05) is 18.2 Å². The van der Waals surface area contributed by atoms with Gasteiger partial charge >= 0.3 is 6.18 Å². The lowest BCUT2D eigenvalue weighted by Crippen LogP contribution is -2.32. The smallest absolute Gasteiger partial charge is 0.416 e. The topological polar surface area (TPSA) is 50.4 Å². The summed E-state index contributed by atoms with van der Waals surface area (Å²) in [5.41, 5.74) is 0.351. The molecule has 0 fully saturated rings. The molecule has 2 aromatic rings. The molecule has 1 atom stereocenters. The van der Waals surface area contributed by atoms with Gasteiger partial charge in [0.15, 0.2) is 0 Å². The monoisotopic (exact) mass is 380 g/mol. The minimum Gasteiger partial charge on any atom is -0.491 e. The molecule has 7 heteroatoms. The van der Waals surface area contributed by atoms with E-state index >= 15 is 0 Å². The van der Waals surface area contributed by atoms with Crippen LogP contribution in [0.1, 0.15) is 37.9 Å². The van der Waals surface area contributed by atoms with Crippen molar-refractivity contribution in [3.05, 3.63) is 59.7 Å². The van der Waals surface area contributed by atoms with Crippen LogP contribution >= 0.6 is 0 Å². The Labute approximate surface area is 156 Å². The van der Waals surface area contributed by atoms with Gasteiger partial charge in [-0.15, -0.1) is 0 Å². The predicted octanol–water partition coefficient (Wildman–Crippen LogP) is 4.78. The van der Waals surface area contributed by atoms with Crippen molar-refractivity contribution in [3.8, 4) is 5.75 Å². The zero-order valence-electron chi connectivity index (χ0n) is 15.4. The third-order valence-electron chi connectivity index (χ3n) is 3.75. The molecular weight excluding hydrogens is 357 g/mol. The second-order valence-electron chi connectivity index (χ2n) is 6.46.